The first-order valence-electron chi connectivity index (χ1n) is 9.74. The third kappa shape index (κ3) is 6.29. The van der Waals surface area contributed by atoms with Gasteiger partial charge in [0.2, 0.25) is 0 Å². The molecule has 3 rings (SSSR count). The molecule has 1 saturated heterocycles. The van der Waals surface area contributed by atoms with Crippen LogP contribution in [0.3, 0.4) is 0 Å². The lowest BCUT2D eigenvalue weighted by Gasteiger charge is -2.48. The Balaban J connectivity index is 0.00000261. The van der Waals surface area contributed by atoms with Gasteiger partial charge in [0.15, 0.2) is 5.96 Å². The zero-order chi connectivity index (χ0) is 18.2. The first-order valence-corrected chi connectivity index (χ1v) is 9.74. The summed E-state index contributed by atoms with van der Waals surface area (Å²) in [6.45, 7) is 5.12. The molecule has 152 valence electrons. The lowest BCUT2D eigenvalue weighted by atomic mass is 9.80. The molecular formula is C20H32FIN4O. The molecule has 27 heavy (non-hydrogen) atoms. The lowest BCUT2D eigenvalue weighted by molar-refractivity contribution is -0.0352. The van der Waals surface area contributed by atoms with E-state index >= 15 is 0 Å². The van der Waals surface area contributed by atoms with Crippen LogP contribution in [0.4, 0.5) is 4.39 Å². The molecule has 2 aliphatic rings. The van der Waals surface area contributed by atoms with Crippen LogP contribution in [0.5, 0.6) is 0 Å². The maximum atomic E-state index is 13.3. The van der Waals surface area contributed by atoms with Crippen molar-refractivity contribution in [1.29, 1.82) is 0 Å². The molecule has 0 bridgehead atoms. The molecule has 0 unspecified atom stereocenters. The number of guanidine groups is 1. The van der Waals surface area contributed by atoms with E-state index in [0.29, 0.717) is 6.54 Å². The van der Waals surface area contributed by atoms with Crippen LogP contribution in [-0.4, -0.2) is 56.3 Å². The summed E-state index contributed by atoms with van der Waals surface area (Å²) in [5, 5.41) is 6.83. The van der Waals surface area contributed by atoms with E-state index in [-0.39, 0.29) is 35.3 Å². The summed E-state index contributed by atoms with van der Waals surface area (Å²) in [5.74, 6) is 0.563. The number of halogens is 2. The first kappa shape index (κ1) is 22.4. The van der Waals surface area contributed by atoms with Crippen LogP contribution in [0.25, 0.3) is 0 Å². The number of hydrogen-bond donors (Lipinski definition) is 2. The molecule has 0 atom stereocenters. The average Bonchev–Trinajstić information content (AvgIpc) is 2.69. The fourth-order valence-corrected chi connectivity index (χ4v) is 4.15. The number of ether oxygens (including phenoxy) is 1. The molecule has 5 nitrogen and oxygen atoms in total. The van der Waals surface area contributed by atoms with Crippen molar-refractivity contribution in [2.24, 2.45) is 4.99 Å². The molecule has 1 aromatic rings. The topological polar surface area (TPSA) is 48.9 Å². The van der Waals surface area contributed by atoms with Crippen LogP contribution < -0.4 is 10.6 Å². The third-order valence-electron chi connectivity index (χ3n) is 5.62. The van der Waals surface area contributed by atoms with Crippen LogP contribution in [0, 0.1) is 5.82 Å². The fourth-order valence-electron chi connectivity index (χ4n) is 4.15. The van der Waals surface area contributed by atoms with Gasteiger partial charge in [0, 0.05) is 38.8 Å². The highest BCUT2D eigenvalue weighted by Crippen LogP contribution is 2.33. The molecular weight excluding hydrogens is 458 g/mol. The summed E-state index contributed by atoms with van der Waals surface area (Å²) < 4.78 is 18.9. The summed E-state index contributed by atoms with van der Waals surface area (Å²) in [4.78, 5) is 6.96. The van der Waals surface area contributed by atoms with Gasteiger partial charge in [-0.05, 0) is 30.5 Å². The Bertz CT molecular complexity index is 601. The number of nitrogens with one attached hydrogen (secondary N) is 2. The van der Waals surface area contributed by atoms with Crippen LogP contribution in [0.2, 0.25) is 0 Å². The predicted octanol–water partition coefficient (Wildman–Crippen LogP) is 3.14. The first-order chi connectivity index (χ1) is 12.7. The maximum absolute atomic E-state index is 13.3. The van der Waals surface area contributed by atoms with E-state index < -0.39 is 0 Å². The highest BCUT2D eigenvalue weighted by Gasteiger charge is 2.38. The quantitative estimate of drug-likeness (QED) is 0.379. The van der Waals surface area contributed by atoms with Crippen molar-refractivity contribution in [3.05, 3.63) is 35.6 Å². The Morgan fingerprint density at radius 1 is 1.19 bits per heavy atom. The lowest BCUT2D eigenvalue weighted by Crippen LogP contribution is -2.60. The zero-order valence-electron chi connectivity index (χ0n) is 16.2. The van der Waals surface area contributed by atoms with Gasteiger partial charge >= 0.3 is 0 Å². The minimum atomic E-state index is -0.208. The Kier molecular flexibility index (Phi) is 9.25. The number of morpholine rings is 1. The molecule has 2 fully saturated rings. The van der Waals surface area contributed by atoms with Crippen molar-refractivity contribution >= 4 is 29.9 Å². The fraction of sp³-hybridized carbons (Fsp3) is 0.650. The van der Waals surface area contributed by atoms with Crippen molar-refractivity contribution in [3.63, 3.8) is 0 Å². The maximum Gasteiger partial charge on any atom is 0.191 e. The van der Waals surface area contributed by atoms with Gasteiger partial charge in [-0.15, -0.1) is 24.0 Å². The van der Waals surface area contributed by atoms with Crippen molar-refractivity contribution < 1.29 is 9.13 Å². The Morgan fingerprint density at radius 2 is 1.93 bits per heavy atom. The average molecular weight is 490 g/mol. The summed E-state index contributed by atoms with van der Waals surface area (Å²) in [6, 6.07) is 6.67. The van der Waals surface area contributed by atoms with Gasteiger partial charge in [0.25, 0.3) is 0 Å². The third-order valence-corrected chi connectivity index (χ3v) is 5.62. The predicted molar refractivity (Wildman–Crippen MR) is 118 cm³/mol. The second kappa shape index (κ2) is 11.2. The van der Waals surface area contributed by atoms with E-state index in [1.807, 2.05) is 6.07 Å². The number of aliphatic imine (C=N–C) groups is 1. The van der Waals surface area contributed by atoms with Crippen LogP contribution in [-0.2, 0) is 11.3 Å². The molecule has 1 saturated carbocycles. The highest BCUT2D eigenvalue weighted by molar-refractivity contribution is 14.0. The molecule has 2 N–H and O–H groups in total. The van der Waals surface area contributed by atoms with E-state index in [4.69, 9.17) is 4.74 Å². The normalized spacial score (nSPS) is 20.6. The smallest absolute Gasteiger partial charge is 0.191 e. The molecule has 0 spiro atoms. The molecule has 7 heteroatoms. The molecule has 1 heterocycles. The van der Waals surface area contributed by atoms with Gasteiger partial charge in [0.05, 0.1) is 13.2 Å². The SMILES string of the molecule is CN=C(NCc1cccc(F)c1)NCC1(N2CCOCC2)CCCCC1.I. The minimum Gasteiger partial charge on any atom is -0.379 e. The van der Waals surface area contributed by atoms with Gasteiger partial charge in [-0.2, -0.15) is 0 Å². The van der Waals surface area contributed by atoms with Crippen LogP contribution >= 0.6 is 24.0 Å². The minimum absolute atomic E-state index is 0. The zero-order valence-corrected chi connectivity index (χ0v) is 18.5. The Hall–Kier alpha value is -0.930. The molecule has 0 aromatic heterocycles. The van der Waals surface area contributed by atoms with Crippen LogP contribution in [0.15, 0.2) is 29.3 Å². The Morgan fingerprint density at radius 3 is 2.59 bits per heavy atom. The van der Waals surface area contributed by atoms with Crippen molar-refractivity contribution in [2.45, 2.75) is 44.2 Å². The standard InChI is InChI=1S/C20H31FN4O.HI/c1-22-19(23-15-17-6-5-7-18(21)14-17)24-16-20(8-3-2-4-9-20)25-10-12-26-13-11-25;/h5-7,14H,2-4,8-13,15-16H2,1H3,(H2,22,23,24);1H. The molecule has 1 aliphatic heterocycles. The number of hydrogen-bond acceptors (Lipinski definition) is 3. The second-order valence-electron chi connectivity index (χ2n) is 7.29. The number of rotatable bonds is 5. The molecule has 1 aromatic carbocycles. The van der Waals surface area contributed by atoms with Gasteiger partial charge in [-0.3, -0.25) is 9.89 Å². The van der Waals surface area contributed by atoms with Crippen molar-refractivity contribution in [3.8, 4) is 0 Å². The largest absolute Gasteiger partial charge is 0.379 e. The van der Waals surface area contributed by atoms with Gasteiger partial charge < -0.3 is 15.4 Å². The van der Waals surface area contributed by atoms with E-state index in [1.54, 1.807) is 19.2 Å². The Labute approximate surface area is 179 Å². The van der Waals surface area contributed by atoms with E-state index in [9.17, 15) is 4.39 Å². The summed E-state index contributed by atoms with van der Waals surface area (Å²) in [5.41, 5.74) is 1.10. The van der Waals surface area contributed by atoms with Crippen LogP contribution in [0.1, 0.15) is 37.7 Å². The van der Waals surface area contributed by atoms with E-state index in [2.05, 4.69) is 20.5 Å². The summed E-state index contributed by atoms with van der Waals surface area (Å²) in [6.07, 6.45) is 6.35. The number of benzene rings is 1. The summed E-state index contributed by atoms with van der Waals surface area (Å²) >= 11 is 0. The summed E-state index contributed by atoms with van der Waals surface area (Å²) in [7, 11) is 1.78. The monoisotopic (exact) mass is 490 g/mol. The van der Waals surface area contributed by atoms with Gasteiger partial charge in [0.1, 0.15) is 5.82 Å². The highest BCUT2D eigenvalue weighted by atomic mass is 127. The van der Waals surface area contributed by atoms with E-state index in [0.717, 1.165) is 44.4 Å². The molecule has 0 amide bonds. The molecule has 0 radical (unpaired) electrons. The van der Waals surface area contributed by atoms with E-state index in [1.165, 1.54) is 38.2 Å². The van der Waals surface area contributed by atoms with Crippen molar-refractivity contribution in [2.75, 3.05) is 39.9 Å². The number of nitrogens with zero attached hydrogens (tertiary/aromatic N) is 2. The van der Waals surface area contributed by atoms with Gasteiger partial charge in [-0.25, -0.2) is 4.39 Å². The molecule has 1 aliphatic carbocycles. The van der Waals surface area contributed by atoms with Gasteiger partial charge in [-0.1, -0.05) is 31.4 Å². The van der Waals surface area contributed by atoms with Crippen molar-refractivity contribution in [1.82, 2.24) is 15.5 Å². The second-order valence-corrected chi connectivity index (χ2v) is 7.29.